The van der Waals surface area contributed by atoms with Gasteiger partial charge in [-0.25, -0.2) is 0 Å². The van der Waals surface area contributed by atoms with Gasteiger partial charge in [-0.15, -0.1) is 0 Å². The Bertz CT molecular complexity index is 1100. The number of rotatable bonds is 4. The molecule has 1 aliphatic rings. The van der Waals surface area contributed by atoms with Gasteiger partial charge in [0.15, 0.2) is 0 Å². The molecule has 0 fully saturated rings. The van der Waals surface area contributed by atoms with Crippen LogP contribution in [-0.2, 0) is 13.2 Å². The summed E-state index contributed by atoms with van der Waals surface area (Å²) in [5.41, 5.74) is 6.54. The molecule has 2 N–H and O–H groups in total. The van der Waals surface area contributed by atoms with Crippen molar-refractivity contribution in [2.45, 2.75) is 32.8 Å². The van der Waals surface area contributed by atoms with E-state index in [1.807, 2.05) is 47.8 Å². The lowest BCUT2D eigenvalue weighted by molar-refractivity contribution is 0.281. The van der Waals surface area contributed by atoms with E-state index < -0.39 is 0 Å². The Labute approximate surface area is 184 Å². The highest BCUT2D eigenvalue weighted by molar-refractivity contribution is 8.05. The molecule has 148 valence electrons. The maximum absolute atomic E-state index is 9.26. The lowest BCUT2D eigenvalue weighted by Crippen LogP contribution is -1.92. The Hall–Kier alpha value is -2.50. The fraction of sp³-hybridized carbons (Fsp3) is 0.0769. The summed E-state index contributed by atoms with van der Waals surface area (Å²) in [6, 6.07) is 29.4. The molecule has 0 radical (unpaired) electrons. The van der Waals surface area contributed by atoms with Crippen molar-refractivity contribution in [1.29, 1.82) is 0 Å². The monoisotopic (exact) mass is 428 g/mol. The van der Waals surface area contributed by atoms with Gasteiger partial charge in [-0.2, -0.15) is 0 Å². The predicted molar refractivity (Wildman–Crippen MR) is 124 cm³/mol. The summed E-state index contributed by atoms with van der Waals surface area (Å²) in [5, 5.41) is 18.5. The highest BCUT2D eigenvalue weighted by atomic mass is 32.2. The zero-order chi connectivity index (χ0) is 20.5. The highest BCUT2D eigenvalue weighted by Crippen LogP contribution is 2.50. The van der Waals surface area contributed by atoms with Crippen molar-refractivity contribution < 1.29 is 10.2 Å². The van der Waals surface area contributed by atoms with Crippen LogP contribution in [0, 0.1) is 0 Å². The fourth-order valence-corrected chi connectivity index (χ4v) is 5.82. The second kappa shape index (κ2) is 8.32. The van der Waals surface area contributed by atoms with Crippen LogP contribution in [0.3, 0.4) is 0 Å². The van der Waals surface area contributed by atoms with Crippen molar-refractivity contribution in [3.8, 4) is 22.3 Å². The molecule has 0 unspecified atom stereocenters. The van der Waals surface area contributed by atoms with Crippen LogP contribution in [0.2, 0.25) is 0 Å². The van der Waals surface area contributed by atoms with Gasteiger partial charge in [0.2, 0.25) is 0 Å². The van der Waals surface area contributed by atoms with E-state index in [9.17, 15) is 10.2 Å². The maximum atomic E-state index is 9.26. The van der Waals surface area contributed by atoms with Gasteiger partial charge in [-0.1, -0.05) is 84.2 Å². The van der Waals surface area contributed by atoms with E-state index in [2.05, 4.69) is 60.7 Å². The average Bonchev–Trinajstić information content (AvgIpc) is 2.82. The van der Waals surface area contributed by atoms with Crippen molar-refractivity contribution in [2.75, 3.05) is 0 Å². The van der Waals surface area contributed by atoms with Crippen LogP contribution in [0.4, 0.5) is 0 Å². The molecular weight excluding hydrogens is 408 g/mol. The topological polar surface area (TPSA) is 40.5 Å². The van der Waals surface area contributed by atoms with E-state index in [1.54, 1.807) is 0 Å². The number of aliphatic hydroxyl groups is 2. The molecule has 0 aromatic heterocycles. The van der Waals surface area contributed by atoms with Crippen molar-refractivity contribution in [3.05, 3.63) is 96.1 Å². The Kier molecular flexibility index (Phi) is 5.40. The van der Waals surface area contributed by atoms with Crippen LogP contribution in [-0.4, -0.2) is 10.2 Å². The van der Waals surface area contributed by atoms with Crippen molar-refractivity contribution >= 4 is 23.5 Å². The van der Waals surface area contributed by atoms with Crippen molar-refractivity contribution in [2.24, 2.45) is 0 Å². The fourth-order valence-electron chi connectivity index (χ4n) is 3.55. The summed E-state index contributed by atoms with van der Waals surface area (Å²) in [6.07, 6.45) is 0. The maximum Gasteiger partial charge on any atom is 0.0681 e. The first-order valence-electron chi connectivity index (χ1n) is 9.77. The van der Waals surface area contributed by atoms with Crippen LogP contribution in [0.1, 0.15) is 11.1 Å². The largest absolute Gasteiger partial charge is 0.392 e. The molecule has 0 aliphatic carbocycles. The third-order valence-electron chi connectivity index (χ3n) is 5.27. The third kappa shape index (κ3) is 3.80. The number of aliphatic hydroxyl groups excluding tert-OH is 2. The molecule has 0 amide bonds. The number of hydrogen-bond acceptors (Lipinski definition) is 4. The first-order valence-corrected chi connectivity index (χ1v) is 11.4. The lowest BCUT2D eigenvalue weighted by atomic mass is 10.0. The van der Waals surface area contributed by atoms with Gasteiger partial charge in [-0.3, -0.25) is 0 Å². The summed E-state index contributed by atoms with van der Waals surface area (Å²) < 4.78 is 0. The zero-order valence-electron chi connectivity index (χ0n) is 16.2. The van der Waals surface area contributed by atoms with Crippen LogP contribution in [0.25, 0.3) is 22.3 Å². The minimum absolute atomic E-state index is 0.0683. The molecule has 4 heteroatoms. The minimum Gasteiger partial charge on any atom is -0.392 e. The van der Waals surface area contributed by atoms with Gasteiger partial charge >= 0.3 is 0 Å². The van der Waals surface area contributed by atoms with Crippen molar-refractivity contribution in [1.82, 2.24) is 0 Å². The molecular formula is C26H20O2S2. The van der Waals surface area contributed by atoms with E-state index in [-0.39, 0.29) is 13.2 Å². The van der Waals surface area contributed by atoms with Gasteiger partial charge in [0.25, 0.3) is 0 Å². The Morgan fingerprint density at radius 1 is 0.433 bits per heavy atom. The summed E-state index contributed by atoms with van der Waals surface area (Å²) in [7, 11) is 0. The van der Waals surface area contributed by atoms with Gasteiger partial charge in [0, 0.05) is 19.6 Å². The second-order valence-electron chi connectivity index (χ2n) is 7.24. The second-order valence-corrected chi connectivity index (χ2v) is 9.40. The van der Waals surface area contributed by atoms with Gasteiger partial charge in [-0.05, 0) is 57.6 Å². The molecule has 2 nitrogen and oxygen atoms in total. The first kappa shape index (κ1) is 19.5. The normalized spacial score (nSPS) is 12.3. The third-order valence-corrected chi connectivity index (χ3v) is 7.79. The highest BCUT2D eigenvalue weighted by Gasteiger charge is 2.18. The molecule has 1 aliphatic heterocycles. The van der Waals surface area contributed by atoms with Crippen LogP contribution in [0.15, 0.2) is 105 Å². The van der Waals surface area contributed by atoms with E-state index in [0.29, 0.717) is 0 Å². The van der Waals surface area contributed by atoms with E-state index in [1.165, 1.54) is 30.7 Å². The Morgan fingerprint density at radius 3 is 1.20 bits per heavy atom. The smallest absolute Gasteiger partial charge is 0.0681 e. The van der Waals surface area contributed by atoms with E-state index in [0.717, 1.165) is 22.3 Å². The molecule has 4 aromatic carbocycles. The quantitative estimate of drug-likeness (QED) is 0.337. The number of benzene rings is 4. The number of hydrogen-bond donors (Lipinski definition) is 2. The Morgan fingerprint density at radius 2 is 0.800 bits per heavy atom. The van der Waals surface area contributed by atoms with Crippen LogP contribution < -0.4 is 0 Å². The summed E-state index contributed by atoms with van der Waals surface area (Å²) in [6.45, 7) is 0.137. The van der Waals surface area contributed by atoms with Crippen LogP contribution >= 0.6 is 23.5 Å². The van der Waals surface area contributed by atoms with Gasteiger partial charge < -0.3 is 10.2 Å². The predicted octanol–water partition coefficient (Wildman–Crippen LogP) is 6.62. The van der Waals surface area contributed by atoms with Gasteiger partial charge in [0.1, 0.15) is 0 Å². The molecule has 30 heavy (non-hydrogen) atoms. The van der Waals surface area contributed by atoms with E-state index in [4.69, 9.17) is 0 Å². The lowest BCUT2D eigenvalue weighted by Gasteiger charge is -2.20. The molecule has 1 heterocycles. The standard InChI is InChI=1S/C26H20O2S2/c27-15-17-1-5-19(6-2-17)21-9-11-23-25(13-21)30-26-14-22(10-12-24(26)29-23)20-7-3-18(16-28)4-8-20/h1-14,27-28H,15-16H2. The Balaban J connectivity index is 1.45. The van der Waals surface area contributed by atoms with Crippen molar-refractivity contribution in [3.63, 3.8) is 0 Å². The van der Waals surface area contributed by atoms with Crippen LogP contribution in [0.5, 0.6) is 0 Å². The number of fused-ring (bicyclic) bond motifs is 2. The van der Waals surface area contributed by atoms with Gasteiger partial charge in [0.05, 0.1) is 13.2 Å². The molecule has 0 saturated heterocycles. The first-order chi connectivity index (χ1) is 14.7. The summed E-state index contributed by atoms with van der Waals surface area (Å²) >= 11 is 3.63. The summed E-state index contributed by atoms with van der Waals surface area (Å²) in [5.74, 6) is 0. The summed E-state index contributed by atoms with van der Waals surface area (Å²) in [4.78, 5) is 5.10. The SMILES string of the molecule is OCc1ccc(-c2ccc3c(c2)Sc2cc(-c4ccc(CO)cc4)ccc2S3)cc1. The molecule has 0 spiro atoms. The zero-order valence-corrected chi connectivity index (χ0v) is 17.8. The van der Waals surface area contributed by atoms with E-state index >= 15 is 0 Å². The molecule has 0 bridgehead atoms. The average molecular weight is 429 g/mol. The minimum atomic E-state index is 0.0683. The molecule has 0 saturated carbocycles. The molecule has 5 rings (SSSR count). The molecule has 0 atom stereocenters. The molecule has 4 aromatic rings.